The molecule has 0 radical (unpaired) electrons. The molecule has 4 aromatic rings. The van der Waals surface area contributed by atoms with Gasteiger partial charge in [-0.05, 0) is 43.2 Å². The van der Waals surface area contributed by atoms with Crippen LogP contribution in [0.25, 0.3) is 33.5 Å². The van der Waals surface area contributed by atoms with E-state index < -0.39 is 0 Å². The topological polar surface area (TPSA) is 43.6 Å². The van der Waals surface area contributed by atoms with Crippen LogP contribution in [0, 0.1) is 12.7 Å². The Morgan fingerprint density at radius 1 is 1.07 bits per heavy atom. The molecular formula is C21H16ClFN4. The lowest BCUT2D eigenvalue weighted by Gasteiger charge is -2.11. The van der Waals surface area contributed by atoms with E-state index in [1.54, 1.807) is 25.4 Å². The molecule has 4 nitrogen and oxygen atoms in total. The largest absolute Gasteiger partial charge is 0.327 e. The Labute approximate surface area is 160 Å². The maximum atomic E-state index is 13.9. The molecule has 6 heteroatoms. The van der Waals surface area contributed by atoms with Gasteiger partial charge in [-0.1, -0.05) is 17.7 Å². The van der Waals surface area contributed by atoms with E-state index >= 15 is 0 Å². The molecule has 27 heavy (non-hydrogen) atoms. The Hall–Kier alpha value is -2.79. The van der Waals surface area contributed by atoms with Gasteiger partial charge in [-0.3, -0.25) is 9.97 Å². The lowest BCUT2D eigenvalue weighted by molar-refractivity contribution is 0.619. The number of halogens is 2. The number of imidazole rings is 1. The van der Waals surface area contributed by atoms with Gasteiger partial charge >= 0.3 is 0 Å². The maximum Gasteiger partial charge on any atom is 0.127 e. The van der Waals surface area contributed by atoms with E-state index in [4.69, 9.17) is 16.6 Å². The summed E-state index contributed by atoms with van der Waals surface area (Å²) >= 11 is 6.40. The predicted octanol–water partition coefficient (Wildman–Crippen LogP) is 5.21. The first-order valence-electron chi connectivity index (χ1n) is 8.88. The van der Waals surface area contributed by atoms with Gasteiger partial charge in [0.2, 0.25) is 0 Å². The number of aromatic nitrogens is 4. The number of aryl methyl sites for hydroxylation is 2. The Bertz CT molecular complexity index is 1200. The highest BCUT2D eigenvalue weighted by Crippen LogP contribution is 2.39. The Morgan fingerprint density at radius 2 is 1.89 bits per heavy atom. The predicted molar refractivity (Wildman–Crippen MR) is 104 cm³/mol. The van der Waals surface area contributed by atoms with Crippen molar-refractivity contribution in [3.8, 4) is 22.5 Å². The van der Waals surface area contributed by atoms with Crippen LogP contribution in [0.5, 0.6) is 0 Å². The van der Waals surface area contributed by atoms with Crippen molar-refractivity contribution in [2.24, 2.45) is 0 Å². The SMILES string of the molecule is Cc1cc(-c2nc3n(c2-c2ccc4nccnc4c2)CCC3)c(Cl)cc1F. The van der Waals surface area contributed by atoms with Crippen LogP contribution in [0.1, 0.15) is 17.8 Å². The molecule has 0 atom stereocenters. The second kappa shape index (κ2) is 6.13. The third-order valence-electron chi connectivity index (χ3n) is 5.07. The standard InChI is InChI=1S/C21H16ClFN4/c1-12-9-14(15(22)11-16(12)23)20-21(27-8-2-3-19(27)26-20)13-4-5-17-18(10-13)25-7-6-24-17/h4-7,9-11H,2-3,8H2,1H3. The molecule has 1 aliphatic rings. The van der Waals surface area contributed by atoms with E-state index in [1.807, 2.05) is 18.2 Å². The molecule has 0 fully saturated rings. The van der Waals surface area contributed by atoms with Crippen LogP contribution >= 0.6 is 11.6 Å². The van der Waals surface area contributed by atoms with E-state index in [0.29, 0.717) is 10.6 Å². The van der Waals surface area contributed by atoms with Crippen LogP contribution in [-0.2, 0) is 13.0 Å². The molecule has 0 amide bonds. The highest BCUT2D eigenvalue weighted by atomic mass is 35.5. The average Bonchev–Trinajstić information content (AvgIpc) is 3.25. The van der Waals surface area contributed by atoms with Crippen molar-refractivity contribution in [3.63, 3.8) is 0 Å². The minimum Gasteiger partial charge on any atom is -0.327 e. The van der Waals surface area contributed by atoms with Gasteiger partial charge in [0, 0.05) is 36.5 Å². The lowest BCUT2D eigenvalue weighted by atomic mass is 10.0. The number of benzene rings is 2. The van der Waals surface area contributed by atoms with Crippen molar-refractivity contribution in [2.45, 2.75) is 26.3 Å². The first kappa shape index (κ1) is 16.4. The molecule has 0 bridgehead atoms. The lowest BCUT2D eigenvalue weighted by Crippen LogP contribution is -1.97. The summed E-state index contributed by atoms with van der Waals surface area (Å²) in [6.07, 6.45) is 5.37. The molecule has 1 aliphatic heterocycles. The quantitative estimate of drug-likeness (QED) is 0.481. The average molecular weight is 379 g/mol. The molecule has 0 N–H and O–H groups in total. The summed E-state index contributed by atoms with van der Waals surface area (Å²) in [5.74, 6) is 0.732. The molecular weight excluding hydrogens is 363 g/mol. The van der Waals surface area contributed by atoms with E-state index in [2.05, 4.69) is 14.5 Å². The molecule has 0 unspecified atom stereocenters. The maximum absolute atomic E-state index is 13.9. The molecule has 3 heterocycles. The van der Waals surface area contributed by atoms with Crippen molar-refractivity contribution in [2.75, 3.05) is 0 Å². The molecule has 0 saturated heterocycles. The smallest absolute Gasteiger partial charge is 0.127 e. The van der Waals surface area contributed by atoms with Crippen LogP contribution in [-0.4, -0.2) is 19.5 Å². The van der Waals surface area contributed by atoms with Gasteiger partial charge in [0.05, 0.1) is 27.4 Å². The van der Waals surface area contributed by atoms with E-state index in [0.717, 1.165) is 58.8 Å². The van der Waals surface area contributed by atoms with Crippen LogP contribution in [0.15, 0.2) is 42.7 Å². The number of rotatable bonds is 2. The summed E-state index contributed by atoms with van der Waals surface area (Å²) in [6.45, 7) is 2.65. The van der Waals surface area contributed by atoms with Crippen molar-refractivity contribution in [1.29, 1.82) is 0 Å². The fourth-order valence-electron chi connectivity index (χ4n) is 3.76. The minimum absolute atomic E-state index is 0.307. The first-order valence-corrected chi connectivity index (χ1v) is 9.26. The summed E-state index contributed by atoms with van der Waals surface area (Å²) in [5, 5.41) is 0.372. The van der Waals surface area contributed by atoms with Crippen molar-refractivity contribution in [3.05, 3.63) is 65.0 Å². The van der Waals surface area contributed by atoms with E-state index in [-0.39, 0.29) is 5.82 Å². The second-order valence-corrected chi connectivity index (χ2v) is 7.23. The third-order valence-corrected chi connectivity index (χ3v) is 5.39. The molecule has 5 rings (SSSR count). The zero-order valence-electron chi connectivity index (χ0n) is 14.7. The van der Waals surface area contributed by atoms with Crippen LogP contribution in [0.3, 0.4) is 0 Å². The monoisotopic (exact) mass is 378 g/mol. The number of hydrogen-bond donors (Lipinski definition) is 0. The Morgan fingerprint density at radius 3 is 2.74 bits per heavy atom. The molecule has 0 aliphatic carbocycles. The van der Waals surface area contributed by atoms with Crippen LogP contribution in [0.2, 0.25) is 5.02 Å². The Kier molecular flexibility index (Phi) is 3.72. The molecule has 0 saturated carbocycles. The highest BCUT2D eigenvalue weighted by molar-refractivity contribution is 6.33. The highest BCUT2D eigenvalue weighted by Gasteiger charge is 2.25. The summed E-state index contributed by atoms with van der Waals surface area (Å²) in [7, 11) is 0. The fourth-order valence-corrected chi connectivity index (χ4v) is 4.00. The fraction of sp³-hybridized carbons (Fsp3) is 0.190. The molecule has 2 aromatic carbocycles. The molecule has 2 aromatic heterocycles. The number of fused-ring (bicyclic) bond motifs is 2. The van der Waals surface area contributed by atoms with Gasteiger partial charge in [0.25, 0.3) is 0 Å². The van der Waals surface area contributed by atoms with Crippen molar-refractivity contribution in [1.82, 2.24) is 19.5 Å². The van der Waals surface area contributed by atoms with Gasteiger partial charge in [-0.25, -0.2) is 9.37 Å². The van der Waals surface area contributed by atoms with E-state index in [9.17, 15) is 4.39 Å². The normalized spacial score (nSPS) is 13.3. The first-order chi connectivity index (χ1) is 13.1. The Balaban J connectivity index is 1.78. The zero-order chi connectivity index (χ0) is 18.5. The summed E-state index contributed by atoms with van der Waals surface area (Å²) in [6, 6.07) is 9.17. The summed E-state index contributed by atoms with van der Waals surface area (Å²) < 4.78 is 16.1. The molecule has 134 valence electrons. The minimum atomic E-state index is -0.307. The molecule has 0 spiro atoms. The van der Waals surface area contributed by atoms with Gasteiger partial charge in [-0.15, -0.1) is 0 Å². The summed E-state index contributed by atoms with van der Waals surface area (Å²) in [5.41, 5.74) is 5.79. The van der Waals surface area contributed by atoms with Crippen molar-refractivity contribution < 1.29 is 4.39 Å². The van der Waals surface area contributed by atoms with Gasteiger partial charge in [-0.2, -0.15) is 0 Å². The van der Waals surface area contributed by atoms with Crippen molar-refractivity contribution >= 4 is 22.6 Å². The zero-order valence-corrected chi connectivity index (χ0v) is 15.5. The van der Waals surface area contributed by atoms with Crippen LogP contribution in [0.4, 0.5) is 4.39 Å². The van der Waals surface area contributed by atoms with Gasteiger partial charge < -0.3 is 4.57 Å². The van der Waals surface area contributed by atoms with Gasteiger partial charge in [0.1, 0.15) is 11.6 Å². The number of nitrogens with zero attached hydrogens (tertiary/aromatic N) is 4. The van der Waals surface area contributed by atoms with E-state index in [1.165, 1.54) is 6.07 Å². The number of hydrogen-bond acceptors (Lipinski definition) is 3. The van der Waals surface area contributed by atoms with Crippen LogP contribution < -0.4 is 0 Å². The second-order valence-electron chi connectivity index (χ2n) is 6.82. The third kappa shape index (κ3) is 2.61. The summed E-state index contributed by atoms with van der Waals surface area (Å²) in [4.78, 5) is 13.6. The van der Waals surface area contributed by atoms with Gasteiger partial charge in [0.15, 0.2) is 0 Å².